The van der Waals surface area contributed by atoms with Gasteiger partial charge in [0.2, 0.25) is 5.91 Å². The van der Waals surface area contributed by atoms with Crippen LogP contribution in [0.3, 0.4) is 0 Å². The molecule has 0 aromatic heterocycles. The summed E-state index contributed by atoms with van der Waals surface area (Å²) in [5.41, 5.74) is 0. The van der Waals surface area contributed by atoms with E-state index < -0.39 is 0 Å². The minimum Gasteiger partial charge on any atom is -0.364 e. The van der Waals surface area contributed by atoms with Gasteiger partial charge in [0.15, 0.2) is 0 Å². The average molecular weight is 98.9 g/mol. The summed E-state index contributed by atoms with van der Waals surface area (Å²) in [6.07, 6.45) is 0.801. The molecule has 0 aliphatic rings. The van der Waals surface area contributed by atoms with Crippen molar-refractivity contribution in [3.8, 4) is 0 Å². The van der Waals surface area contributed by atoms with Gasteiger partial charge >= 0.3 is 0 Å². The third kappa shape index (κ3) is 5.53. The minimum atomic E-state index is 0.0573. The molecule has 3 heteroatoms. The number of carbonyl (C=O) groups is 1. The van der Waals surface area contributed by atoms with Gasteiger partial charge in [-0.05, 0) is 6.44 Å². The van der Waals surface area contributed by atoms with Crippen LogP contribution in [0, 0.1) is 0 Å². The van der Waals surface area contributed by atoms with Crippen LogP contribution < -0.4 is 5.32 Å². The van der Waals surface area contributed by atoms with Gasteiger partial charge in [0, 0.05) is 6.92 Å². The zero-order valence-corrected chi connectivity index (χ0v) is 4.82. The Morgan fingerprint density at radius 3 is 2.57 bits per heavy atom. The van der Waals surface area contributed by atoms with E-state index in [-0.39, 0.29) is 5.91 Å². The van der Waals surface area contributed by atoms with Crippen LogP contribution in [0.5, 0.6) is 0 Å². The van der Waals surface area contributed by atoms with Gasteiger partial charge in [-0.15, -0.1) is 0 Å². The third-order valence-electron chi connectivity index (χ3n) is 0.624. The predicted molar refractivity (Wildman–Crippen MR) is 31.7 cm³/mol. The fraction of sp³-hybridized carbons (Fsp3) is 0.750. The lowest BCUT2D eigenvalue weighted by Crippen LogP contribution is -2.23. The van der Waals surface area contributed by atoms with Crippen molar-refractivity contribution in [2.24, 2.45) is 0 Å². The van der Waals surface area contributed by atoms with E-state index in [0.717, 1.165) is 13.7 Å². The number of carbonyl (C=O) groups excluding carboxylic acids is 1. The van der Waals surface area contributed by atoms with E-state index in [0.29, 0.717) is 0 Å². The van der Waals surface area contributed by atoms with Gasteiger partial charge in [-0.2, -0.15) is 0 Å². The standard InChI is InChI=1S/C4H10BNO/c1-4(7)6-3-5-2/h5H,3H2,1-2H3,(H,6,7). The minimum absolute atomic E-state index is 0.0573. The lowest BCUT2D eigenvalue weighted by atomic mass is 9.83. The first-order valence-corrected chi connectivity index (χ1v) is 2.51. The number of rotatable bonds is 2. The quantitative estimate of drug-likeness (QED) is 0.467. The molecule has 0 unspecified atom stereocenters. The van der Waals surface area contributed by atoms with Gasteiger partial charge < -0.3 is 5.32 Å². The first-order chi connectivity index (χ1) is 3.27. The molecule has 0 saturated heterocycles. The highest BCUT2D eigenvalue weighted by Crippen LogP contribution is 1.56. The van der Waals surface area contributed by atoms with Crippen molar-refractivity contribution >= 4 is 13.2 Å². The van der Waals surface area contributed by atoms with E-state index in [1.54, 1.807) is 0 Å². The Labute approximate surface area is 44.5 Å². The van der Waals surface area contributed by atoms with Crippen LogP contribution in [0.2, 0.25) is 6.82 Å². The maximum absolute atomic E-state index is 10.1. The smallest absolute Gasteiger partial charge is 0.216 e. The molecule has 0 spiro atoms. The molecule has 0 bridgehead atoms. The molecule has 1 N–H and O–H groups in total. The van der Waals surface area contributed by atoms with E-state index >= 15 is 0 Å². The van der Waals surface area contributed by atoms with Crippen LogP contribution in [0.1, 0.15) is 6.92 Å². The topological polar surface area (TPSA) is 29.1 Å². The maximum atomic E-state index is 10.1. The highest BCUT2D eigenvalue weighted by Gasteiger charge is 1.84. The van der Waals surface area contributed by atoms with Crippen LogP contribution in [0.4, 0.5) is 0 Å². The molecule has 0 aliphatic heterocycles. The Hall–Kier alpha value is -0.465. The molecule has 0 rings (SSSR count). The summed E-state index contributed by atoms with van der Waals surface area (Å²) < 4.78 is 0. The lowest BCUT2D eigenvalue weighted by Gasteiger charge is -1.92. The Morgan fingerprint density at radius 1 is 1.86 bits per heavy atom. The normalized spacial score (nSPS) is 7.71. The summed E-state index contributed by atoms with van der Waals surface area (Å²) in [4.78, 5) is 10.1. The zero-order valence-electron chi connectivity index (χ0n) is 4.82. The van der Waals surface area contributed by atoms with E-state index in [4.69, 9.17) is 0 Å². The van der Waals surface area contributed by atoms with Gasteiger partial charge in [0.05, 0.1) is 0 Å². The fourth-order valence-electron chi connectivity index (χ4n) is 0.301. The molecule has 0 atom stereocenters. The molecule has 0 radical (unpaired) electrons. The van der Waals surface area contributed by atoms with Gasteiger partial charge in [-0.25, -0.2) is 0 Å². The predicted octanol–water partition coefficient (Wildman–Crippen LogP) is -0.435. The summed E-state index contributed by atoms with van der Waals surface area (Å²) in [5, 5.41) is 2.66. The maximum Gasteiger partial charge on any atom is 0.216 e. The van der Waals surface area contributed by atoms with E-state index in [1.165, 1.54) is 6.92 Å². The number of nitrogens with one attached hydrogen (secondary N) is 1. The molecule has 2 nitrogen and oxygen atoms in total. The van der Waals surface area contributed by atoms with Crippen molar-refractivity contribution < 1.29 is 4.79 Å². The molecule has 1 amide bonds. The highest BCUT2D eigenvalue weighted by molar-refractivity contribution is 6.34. The van der Waals surface area contributed by atoms with E-state index in [2.05, 4.69) is 5.32 Å². The summed E-state index contributed by atoms with van der Waals surface area (Å²) in [5.74, 6) is 0.0573. The van der Waals surface area contributed by atoms with Crippen LogP contribution in [0.25, 0.3) is 0 Å². The fourth-order valence-corrected chi connectivity index (χ4v) is 0.301. The van der Waals surface area contributed by atoms with Crippen LogP contribution in [-0.4, -0.2) is 19.6 Å². The first kappa shape index (κ1) is 6.53. The van der Waals surface area contributed by atoms with Crippen molar-refractivity contribution in [1.82, 2.24) is 5.32 Å². The van der Waals surface area contributed by atoms with E-state index in [1.807, 2.05) is 6.82 Å². The van der Waals surface area contributed by atoms with Gasteiger partial charge in [-0.1, -0.05) is 6.82 Å². The lowest BCUT2D eigenvalue weighted by molar-refractivity contribution is -0.118. The molecule has 0 fully saturated rings. The summed E-state index contributed by atoms with van der Waals surface area (Å²) in [6.45, 7) is 3.55. The van der Waals surface area contributed by atoms with Crippen LogP contribution in [0.15, 0.2) is 0 Å². The third-order valence-corrected chi connectivity index (χ3v) is 0.624. The molecule has 7 heavy (non-hydrogen) atoms. The molecule has 0 heterocycles. The van der Waals surface area contributed by atoms with Gasteiger partial charge in [0.25, 0.3) is 0 Å². The van der Waals surface area contributed by atoms with Crippen molar-refractivity contribution in [1.29, 1.82) is 0 Å². The Kier molecular flexibility index (Phi) is 3.47. The highest BCUT2D eigenvalue weighted by atomic mass is 16.1. The molecule has 0 aromatic rings. The average Bonchev–Trinajstić information content (AvgIpc) is 1.61. The summed E-state index contributed by atoms with van der Waals surface area (Å²) in [7, 11) is 1.01. The summed E-state index contributed by atoms with van der Waals surface area (Å²) >= 11 is 0. The Balaban J connectivity index is 2.82. The second-order valence-corrected chi connectivity index (χ2v) is 1.48. The largest absolute Gasteiger partial charge is 0.364 e. The van der Waals surface area contributed by atoms with Crippen molar-refractivity contribution in [3.05, 3.63) is 0 Å². The molecule has 0 aromatic carbocycles. The van der Waals surface area contributed by atoms with Gasteiger partial charge in [0.1, 0.15) is 7.28 Å². The second kappa shape index (κ2) is 3.72. The monoisotopic (exact) mass is 99.1 g/mol. The molecule has 0 aliphatic carbocycles. The van der Waals surface area contributed by atoms with Crippen molar-refractivity contribution in [3.63, 3.8) is 0 Å². The molecular weight excluding hydrogens is 88.9 g/mol. The Bertz CT molecular complexity index is 64.7. The molecule has 0 saturated carbocycles. The molecule has 40 valence electrons. The Morgan fingerprint density at radius 2 is 2.43 bits per heavy atom. The van der Waals surface area contributed by atoms with Crippen LogP contribution >= 0.6 is 0 Å². The summed E-state index contributed by atoms with van der Waals surface area (Å²) in [6, 6.07) is 0. The second-order valence-electron chi connectivity index (χ2n) is 1.48. The number of hydrogen-bond acceptors (Lipinski definition) is 1. The number of amides is 1. The number of hydrogen-bond donors (Lipinski definition) is 1. The van der Waals surface area contributed by atoms with Gasteiger partial charge in [-0.3, -0.25) is 4.79 Å². The van der Waals surface area contributed by atoms with Crippen molar-refractivity contribution in [2.45, 2.75) is 13.7 Å². The zero-order chi connectivity index (χ0) is 5.70. The molecular formula is C4H10BNO. The van der Waals surface area contributed by atoms with E-state index in [9.17, 15) is 4.79 Å². The van der Waals surface area contributed by atoms with Crippen LogP contribution in [-0.2, 0) is 4.79 Å². The first-order valence-electron chi connectivity index (χ1n) is 2.51. The SMILES string of the molecule is CBCNC(C)=O. The van der Waals surface area contributed by atoms with Crippen molar-refractivity contribution in [2.75, 3.05) is 6.44 Å².